The highest BCUT2D eigenvalue weighted by molar-refractivity contribution is 5.83. The van der Waals surface area contributed by atoms with Crippen molar-refractivity contribution in [2.24, 2.45) is 10.7 Å². The van der Waals surface area contributed by atoms with E-state index < -0.39 is 0 Å². The minimum absolute atomic E-state index is 0.513. The molecule has 0 unspecified atom stereocenters. The minimum Gasteiger partial charge on any atom is -0.384 e. The maximum Gasteiger partial charge on any atom is 0.207 e. The van der Waals surface area contributed by atoms with Gasteiger partial charge in [-0.3, -0.25) is 4.79 Å². The van der Waals surface area contributed by atoms with Crippen LogP contribution in [0.4, 0.5) is 0 Å². The molecule has 4 nitrogen and oxygen atoms in total. The molecule has 0 aromatic carbocycles. The smallest absolute Gasteiger partial charge is 0.207 e. The van der Waals surface area contributed by atoms with Gasteiger partial charge in [0.2, 0.25) is 6.41 Å². The highest BCUT2D eigenvalue weighted by Gasteiger charge is 1.90. The van der Waals surface area contributed by atoms with Crippen LogP contribution in [0.15, 0.2) is 16.9 Å². The van der Waals surface area contributed by atoms with E-state index in [1.54, 1.807) is 6.08 Å². The summed E-state index contributed by atoms with van der Waals surface area (Å²) in [4.78, 5) is 13.9. The van der Waals surface area contributed by atoms with Gasteiger partial charge >= 0.3 is 0 Å². The SMILES string of the molecule is C/C=C(N)\N=C(\C)CCNC=O. The number of amides is 1. The third kappa shape index (κ3) is 5.46. The largest absolute Gasteiger partial charge is 0.384 e. The molecule has 0 saturated heterocycles. The van der Waals surface area contributed by atoms with Crippen LogP contribution in [0.3, 0.4) is 0 Å². The van der Waals surface area contributed by atoms with Crippen LogP contribution in [-0.2, 0) is 4.79 Å². The zero-order valence-corrected chi connectivity index (χ0v) is 7.50. The summed E-state index contributed by atoms with van der Waals surface area (Å²) in [6, 6.07) is 0. The zero-order valence-electron chi connectivity index (χ0n) is 7.50. The zero-order chi connectivity index (χ0) is 9.40. The molecule has 4 heteroatoms. The second-order valence-corrected chi connectivity index (χ2v) is 2.38. The predicted octanol–water partition coefficient (Wildman–Crippen LogP) is 0.403. The van der Waals surface area contributed by atoms with E-state index in [2.05, 4.69) is 10.3 Å². The summed E-state index contributed by atoms with van der Waals surface area (Å²) in [6.07, 6.45) is 3.14. The molecular weight excluding hydrogens is 154 g/mol. The molecule has 1 amide bonds. The van der Waals surface area contributed by atoms with E-state index in [9.17, 15) is 4.79 Å². The summed E-state index contributed by atoms with van der Waals surface area (Å²) in [7, 11) is 0. The van der Waals surface area contributed by atoms with Gasteiger partial charge in [-0.2, -0.15) is 0 Å². The molecule has 0 aromatic heterocycles. The van der Waals surface area contributed by atoms with Crippen molar-refractivity contribution in [3.63, 3.8) is 0 Å². The van der Waals surface area contributed by atoms with Crippen molar-refractivity contribution in [3.8, 4) is 0 Å². The predicted molar refractivity (Wildman–Crippen MR) is 49.7 cm³/mol. The van der Waals surface area contributed by atoms with Crippen molar-refractivity contribution in [2.75, 3.05) is 6.54 Å². The summed E-state index contributed by atoms with van der Waals surface area (Å²) >= 11 is 0. The molecule has 0 fully saturated rings. The van der Waals surface area contributed by atoms with Crippen LogP contribution in [0.2, 0.25) is 0 Å². The van der Waals surface area contributed by atoms with Crippen LogP contribution in [0.5, 0.6) is 0 Å². The monoisotopic (exact) mass is 169 g/mol. The molecule has 0 saturated carbocycles. The molecule has 0 rings (SSSR count). The summed E-state index contributed by atoms with van der Waals surface area (Å²) in [6.45, 7) is 4.31. The van der Waals surface area contributed by atoms with Gasteiger partial charge in [-0.25, -0.2) is 4.99 Å². The van der Waals surface area contributed by atoms with Crippen molar-refractivity contribution in [1.82, 2.24) is 5.32 Å². The lowest BCUT2D eigenvalue weighted by atomic mass is 10.3. The molecule has 12 heavy (non-hydrogen) atoms. The Morgan fingerprint density at radius 2 is 2.33 bits per heavy atom. The summed E-state index contributed by atoms with van der Waals surface area (Å²) in [5, 5.41) is 2.55. The molecule has 0 aromatic rings. The standard InChI is InChI=1S/C8H15N3O/c1-3-8(9)11-7(2)4-5-10-6-12/h3,6H,4-5,9H2,1-2H3,(H,10,12)/b8-3-,11-7-. The number of allylic oxidation sites excluding steroid dienone is 1. The van der Waals surface area contributed by atoms with Crippen molar-refractivity contribution in [3.05, 3.63) is 11.9 Å². The first-order valence-electron chi connectivity index (χ1n) is 3.83. The van der Waals surface area contributed by atoms with Crippen LogP contribution in [-0.4, -0.2) is 18.7 Å². The first-order chi connectivity index (χ1) is 5.70. The number of carbonyl (C=O) groups excluding carboxylic acids is 1. The van der Waals surface area contributed by atoms with Gasteiger partial charge in [0.15, 0.2) is 0 Å². The molecule has 0 spiro atoms. The second kappa shape index (κ2) is 6.39. The summed E-state index contributed by atoms with van der Waals surface area (Å²) < 4.78 is 0. The van der Waals surface area contributed by atoms with E-state index >= 15 is 0 Å². The van der Waals surface area contributed by atoms with Crippen LogP contribution in [0.1, 0.15) is 20.3 Å². The van der Waals surface area contributed by atoms with E-state index in [4.69, 9.17) is 5.73 Å². The van der Waals surface area contributed by atoms with Gasteiger partial charge in [-0.05, 0) is 19.9 Å². The second-order valence-electron chi connectivity index (χ2n) is 2.38. The third-order valence-corrected chi connectivity index (χ3v) is 1.33. The number of nitrogens with two attached hydrogens (primary N) is 1. The Hall–Kier alpha value is -1.32. The number of carbonyl (C=O) groups is 1. The van der Waals surface area contributed by atoms with Gasteiger partial charge < -0.3 is 11.1 Å². The molecule has 0 bridgehead atoms. The fraction of sp³-hybridized carbons (Fsp3) is 0.500. The lowest BCUT2D eigenvalue weighted by Gasteiger charge is -1.99. The number of aliphatic imine (C=N–C) groups is 1. The van der Waals surface area contributed by atoms with Crippen molar-refractivity contribution < 1.29 is 4.79 Å². The number of hydrogen-bond acceptors (Lipinski definition) is 3. The molecule has 0 aliphatic heterocycles. The fourth-order valence-electron chi connectivity index (χ4n) is 0.653. The van der Waals surface area contributed by atoms with Crippen LogP contribution in [0.25, 0.3) is 0 Å². The van der Waals surface area contributed by atoms with Gasteiger partial charge in [0, 0.05) is 18.7 Å². The van der Waals surface area contributed by atoms with Crippen LogP contribution in [0, 0.1) is 0 Å². The molecule has 68 valence electrons. The van der Waals surface area contributed by atoms with Crippen LogP contribution < -0.4 is 11.1 Å². The van der Waals surface area contributed by atoms with E-state index in [1.165, 1.54) is 0 Å². The van der Waals surface area contributed by atoms with E-state index in [0.717, 1.165) is 12.1 Å². The summed E-state index contributed by atoms with van der Waals surface area (Å²) in [5.74, 6) is 0.513. The topological polar surface area (TPSA) is 67.5 Å². The highest BCUT2D eigenvalue weighted by Crippen LogP contribution is 1.90. The number of nitrogens with one attached hydrogen (secondary N) is 1. The molecular formula is C8H15N3O. The Morgan fingerprint density at radius 1 is 1.67 bits per heavy atom. The maximum atomic E-state index is 9.88. The average molecular weight is 169 g/mol. The van der Waals surface area contributed by atoms with Gasteiger partial charge in [0.1, 0.15) is 5.82 Å². The lowest BCUT2D eigenvalue weighted by Crippen LogP contribution is -2.15. The van der Waals surface area contributed by atoms with Gasteiger partial charge in [-0.1, -0.05) is 0 Å². The molecule has 3 N–H and O–H groups in total. The molecule has 0 atom stereocenters. The van der Waals surface area contributed by atoms with Gasteiger partial charge in [0.05, 0.1) is 0 Å². The van der Waals surface area contributed by atoms with Crippen molar-refractivity contribution in [1.29, 1.82) is 0 Å². The lowest BCUT2D eigenvalue weighted by molar-refractivity contribution is -0.109. The van der Waals surface area contributed by atoms with Gasteiger partial charge in [0.25, 0.3) is 0 Å². The van der Waals surface area contributed by atoms with Gasteiger partial charge in [-0.15, -0.1) is 0 Å². The Labute approximate surface area is 72.6 Å². The highest BCUT2D eigenvalue weighted by atomic mass is 16.1. The maximum absolute atomic E-state index is 9.88. The Morgan fingerprint density at radius 3 is 2.83 bits per heavy atom. The van der Waals surface area contributed by atoms with Crippen molar-refractivity contribution in [2.45, 2.75) is 20.3 Å². The first-order valence-corrected chi connectivity index (χ1v) is 3.83. The first kappa shape index (κ1) is 10.7. The normalized spacial score (nSPS) is 12.8. The average Bonchev–Trinajstić information content (AvgIpc) is 2.05. The third-order valence-electron chi connectivity index (χ3n) is 1.33. The number of rotatable bonds is 5. The fourth-order valence-corrected chi connectivity index (χ4v) is 0.653. The Kier molecular flexibility index (Phi) is 5.69. The van der Waals surface area contributed by atoms with Crippen LogP contribution >= 0.6 is 0 Å². The number of nitrogens with zero attached hydrogens (tertiary/aromatic N) is 1. The van der Waals surface area contributed by atoms with E-state index in [0.29, 0.717) is 18.8 Å². The molecule has 0 aliphatic carbocycles. The molecule has 0 aliphatic rings. The summed E-state index contributed by atoms with van der Waals surface area (Å²) in [5.41, 5.74) is 6.38. The Bertz CT molecular complexity index is 196. The minimum atomic E-state index is 0.513. The van der Waals surface area contributed by atoms with E-state index in [1.807, 2.05) is 13.8 Å². The Balaban J connectivity index is 3.77. The number of hydrogen-bond donors (Lipinski definition) is 2. The molecule has 0 radical (unpaired) electrons. The molecule has 0 heterocycles. The van der Waals surface area contributed by atoms with E-state index in [-0.39, 0.29) is 0 Å². The quantitative estimate of drug-likeness (QED) is 0.355. The van der Waals surface area contributed by atoms with Crippen molar-refractivity contribution >= 4 is 12.1 Å².